The van der Waals surface area contributed by atoms with Crippen LogP contribution in [0, 0.1) is 11.3 Å². The molecule has 0 spiro atoms. The van der Waals surface area contributed by atoms with Crippen molar-refractivity contribution in [3.05, 3.63) is 35.0 Å². The van der Waals surface area contributed by atoms with Crippen LogP contribution in [0.2, 0.25) is 0 Å². The van der Waals surface area contributed by atoms with Gasteiger partial charge in [0.1, 0.15) is 5.92 Å². The molecule has 0 saturated carbocycles. The van der Waals surface area contributed by atoms with Gasteiger partial charge in [-0.15, -0.1) is 0 Å². The molecule has 31 heavy (non-hydrogen) atoms. The first-order valence-electron chi connectivity index (χ1n) is 10.9. The number of ether oxygens (including phenoxy) is 3. The van der Waals surface area contributed by atoms with Crippen LogP contribution in [0.3, 0.4) is 0 Å². The van der Waals surface area contributed by atoms with Crippen LogP contribution < -0.4 is 9.47 Å². The predicted octanol–water partition coefficient (Wildman–Crippen LogP) is 4.86. The number of carbonyl (C=O) groups excluding carboxylic acids is 2. The SMILES string of the molecule is CCCCOC(=O)C1C(C)=NC2=C(C(=O)CC(C)(C)C2)[C@H]1c1ccc(OC)c(OC)c1. The van der Waals surface area contributed by atoms with Crippen molar-refractivity contribution in [1.29, 1.82) is 0 Å². The maximum absolute atomic E-state index is 13.3. The predicted molar refractivity (Wildman–Crippen MR) is 120 cm³/mol. The molecule has 0 saturated heterocycles. The Balaban J connectivity index is 2.12. The highest BCUT2D eigenvalue weighted by atomic mass is 16.5. The summed E-state index contributed by atoms with van der Waals surface area (Å²) in [6.45, 7) is 8.43. The molecule has 2 atom stereocenters. The number of Topliss-reactive ketones (excluding diaryl/α,β-unsaturated/α-hetero) is 1. The van der Waals surface area contributed by atoms with Crippen LogP contribution in [0.5, 0.6) is 11.5 Å². The summed E-state index contributed by atoms with van der Waals surface area (Å²) in [6.07, 6.45) is 2.87. The van der Waals surface area contributed by atoms with Gasteiger partial charge < -0.3 is 14.2 Å². The minimum atomic E-state index is -0.640. The summed E-state index contributed by atoms with van der Waals surface area (Å²) in [4.78, 5) is 31.2. The van der Waals surface area contributed by atoms with Crippen LogP contribution in [-0.2, 0) is 14.3 Å². The number of unbranched alkanes of at least 4 members (excludes halogenated alkanes) is 1. The van der Waals surface area contributed by atoms with Gasteiger partial charge in [-0.25, -0.2) is 0 Å². The molecule has 1 aliphatic carbocycles. The van der Waals surface area contributed by atoms with Crippen LogP contribution in [-0.4, -0.2) is 38.3 Å². The van der Waals surface area contributed by atoms with Crippen LogP contribution in [0.1, 0.15) is 64.9 Å². The van der Waals surface area contributed by atoms with Crippen molar-refractivity contribution in [3.8, 4) is 11.5 Å². The molecule has 2 aliphatic rings. The summed E-state index contributed by atoms with van der Waals surface area (Å²) >= 11 is 0. The molecule has 0 amide bonds. The van der Waals surface area contributed by atoms with E-state index in [0.717, 1.165) is 24.1 Å². The lowest BCUT2D eigenvalue weighted by atomic mass is 9.67. The number of methoxy groups -OCH3 is 2. The third-order valence-corrected chi connectivity index (χ3v) is 6.07. The zero-order valence-electron chi connectivity index (χ0n) is 19.4. The van der Waals surface area contributed by atoms with Crippen molar-refractivity contribution in [2.45, 2.75) is 59.3 Å². The lowest BCUT2D eigenvalue weighted by molar-refractivity contribution is -0.146. The average Bonchev–Trinajstić information content (AvgIpc) is 2.71. The number of carbonyl (C=O) groups is 2. The zero-order chi connectivity index (χ0) is 22.8. The molecule has 0 aromatic heterocycles. The molecular weight excluding hydrogens is 394 g/mol. The fourth-order valence-corrected chi connectivity index (χ4v) is 4.56. The Kier molecular flexibility index (Phi) is 6.87. The topological polar surface area (TPSA) is 74.2 Å². The number of esters is 1. The highest BCUT2D eigenvalue weighted by Gasteiger charge is 2.46. The van der Waals surface area contributed by atoms with Gasteiger partial charge in [-0.1, -0.05) is 33.3 Å². The number of rotatable bonds is 7. The van der Waals surface area contributed by atoms with E-state index in [-0.39, 0.29) is 17.2 Å². The van der Waals surface area contributed by atoms with E-state index in [1.54, 1.807) is 14.2 Å². The summed E-state index contributed by atoms with van der Waals surface area (Å²) in [7, 11) is 3.15. The third kappa shape index (κ3) is 4.68. The smallest absolute Gasteiger partial charge is 0.315 e. The highest BCUT2D eigenvalue weighted by Crippen LogP contribution is 2.48. The maximum atomic E-state index is 13.3. The zero-order valence-corrected chi connectivity index (χ0v) is 19.4. The van der Waals surface area contributed by atoms with E-state index in [4.69, 9.17) is 19.2 Å². The van der Waals surface area contributed by atoms with E-state index < -0.39 is 11.8 Å². The molecule has 3 rings (SSSR count). The largest absolute Gasteiger partial charge is 0.493 e. The lowest BCUT2D eigenvalue weighted by Gasteiger charge is -2.39. The van der Waals surface area contributed by atoms with Gasteiger partial charge in [-0.3, -0.25) is 14.6 Å². The summed E-state index contributed by atoms with van der Waals surface area (Å²) in [5.41, 5.74) is 2.78. The number of ketones is 1. The average molecular weight is 428 g/mol. The first-order chi connectivity index (χ1) is 14.7. The van der Waals surface area contributed by atoms with E-state index in [2.05, 4.69) is 13.8 Å². The number of benzene rings is 1. The molecule has 0 fully saturated rings. The van der Waals surface area contributed by atoms with Gasteiger partial charge in [0.25, 0.3) is 0 Å². The fraction of sp³-hybridized carbons (Fsp3) is 0.560. The standard InChI is InChI=1S/C25H33NO5/c1-7-8-11-31-24(28)21-15(2)26-17-13-25(3,4)14-18(27)23(17)22(21)16-9-10-19(29-5)20(12-16)30-6/h9-10,12,21-22H,7-8,11,13-14H2,1-6H3/t21?,22-/m0/s1. The molecule has 168 valence electrons. The molecular formula is C25H33NO5. The normalized spacial score (nSPS) is 22.5. The number of aliphatic imine (C=N–C) groups is 1. The molecule has 1 aromatic carbocycles. The Morgan fingerprint density at radius 1 is 1.16 bits per heavy atom. The molecule has 1 aromatic rings. The van der Waals surface area contributed by atoms with Gasteiger partial charge in [-0.2, -0.15) is 0 Å². The van der Waals surface area contributed by atoms with E-state index in [1.807, 2.05) is 32.0 Å². The number of allylic oxidation sites excluding steroid dienone is 2. The van der Waals surface area contributed by atoms with E-state index >= 15 is 0 Å². The van der Waals surface area contributed by atoms with Gasteiger partial charge in [0.15, 0.2) is 17.3 Å². The van der Waals surface area contributed by atoms with Crippen molar-refractivity contribution in [1.82, 2.24) is 0 Å². The van der Waals surface area contributed by atoms with Crippen LogP contribution in [0.25, 0.3) is 0 Å². The Hall–Kier alpha value is -2.63. The second-order valence-corrected chi connectivity index (χ2v) is 9.15. The van der Waals surface area contributed by atoms with Gasteiger partial charge in [0, 0.05) is 29.3 Å². The summed E-state index contributed by atoms with van der Waals surface area (Å²) in [5.74, 6) is -0.222. The number of hydrogen-bond donors (Lipinski definition) is 0. The Morgan fingerprint density at radius 3 is 2.52 bits per heavy atom. The molecule has 1 aliphatic heterocycles. The summed E-state index contributed by atoms with van der Waals surface area (Å²) in [6, 6.07) is 5.56. The molecule has 1 heterocycles. The van der Waals surface area contributed by atoms with Crippen LogP contribution >= 0.6 is 0 Å². The van der Waals surface area contributed by atoms with Crippen molar-refractivity contribution in [2.75, 3.05) is 20.8 Å². The van der Waals surface area contributed by atoms with Crippen molar-refractivity contribution in [2.24, 2.45) is 16.3 Å². The second kappa shape index (κ2) is 9.25. The van der Waals surface area contributed by atoms with Gasteiger partial charge in [0.2, 0.25) is 0 Å². The third-order valence-electron chi connectivity index (χ3n) is 6.07. The monoisotopic (exact) mass is 427 g/mol. The summed E-state index contributed by atoms with van der Waals surface area (Å²) in [5, 5.41) is 0. The molecule has 6 nitrogen and oxygen atoms in total. The Morgan fingerprint density at radius 2 is 1.87 bits per heavy atom. The Labute approximate surface area is 184 Å². The molecule has 6 heteroatoms. The van der Waals surface area contributed by atoms with Gasteiger partial charge in [-0.05, 0) is 42.9 Å². The maximum Gasteiger partial charge on any atom is 0.315 e. The van der Waals surface area contributed by atoms with Gasteiger partial charge >= 0.3 is 5.97 Å². The van der Waals surface area contributed by atoms with Crippen molar-refractivity contribution >= 4 is 17.5 Å². The first kappa shape index (κ1) is 23.0. The number of nitrogens with zero attached hydrogens (tertiary/aromatic N) is 1. The minimum Gasteiger partial charge on any atom is -0.493 e. The first-order valence-corrected chi connectivity index (χ1v) is 10.9. The van der Waals surface area contributed by atoms with Crippen molar-refractivity contribution in [3.63, 3.8) is 0 Å². The van der Waals surface area contributed by atoms with Crippen molar-refractivity contribution < 1.29 is 23.8 Å². The van der Waals surface area contributed by atoms with Crippen LogP contribution in [0.4, 0.5) is 0 Å². The fourth-order valence-electron chi connectivity index (χ4n) is 4.56. The van der Waals surface area contributed by atoms with E-state index in [1.165, 1.54) is 0 Å². The van der Waals surface area contributed by atoms with Gasteiger partial charge in [0.05, 0.1) is 20.8 Å². The van der Waals surface area contributed by atoms with E-state index in [0.29, 0.717) is 42.2 Å². The number of hydrogen-bond acceptors (Lipinski definition) is 6. The molecule has 1 unspecified atom stereocenters. The summed E-state index contributed by atoms with van der Waals surface area (Å²) < 4.78 is 16.5. The second-order valence-electron chi connectivity index (χ2n) is 9.15. The molecule has 0 N–H and O–H groups in total. The quantitative estimate of drug-likeness (QED) is 0.459. The highest BCUT2D eigenvalue weighted by molar-refractivity contribution is 6.09. The van der Waals surface area contributed by atoms with E-state index in [9.17, 15) is 9.59 Å². The van der Waals surface area contributed by atoms with Crippen LogP contribution in [0.15, 0.2) is 34.5 Å². The Bertz CT molecular complexity index is 928. The lowest BCUT2D eigenvalue weighted by Crippen LogP contribution is -2.39. The molecule has 0 radical (unpaired) electrons. The molecule has 0 bridgehead atoms. The minimum absolute atomic E-state index is 0.0497.